The van der Waals surface area contributed by atoms with Gasteiger partial charge in [-0.05, 0) is 37.3 Å². The summed E-state index contributed by atoms with van der Waals surface area (Å²) in [6.45, 7) is 16.3. The standard InChI is InChI=1S/C14H31N/c1-13(2,3)10-8-9-11-15(7)12-14(4,5)6/h8-12H2,1-7H3. The lowest BCUT2D eigenvalue weighted by Crippen LogP contribution is -2.30. The highest BCUT2D eigenvalue weighted by molar-refractivity contribution is 4.67. The highest BCUT2D eigenvalue weighted by Crippen LogP contribution is 2.21. The first-order chi connectivity index (χ1) is 6.60. The van der Waals surface area contributed by atoms with Crippen LogP contribution in [0.2, 0.25) is 0 Å². The van der Waals surface area contributed by atoms with E-state index in [-0.39, 0.29) is 0 Å². The molecule has 0 aliphatic rings. The van der Waals surface area contributed by atoms with E-state index in [4.69, 9.17) is 0 Å². The van der Waals surface area contributed by atoms with E-state index in [1.807, 2.05) is 0 Å². The van der Waals surface area contributed by atoms with Crippen molar-refractivity contribution in [1.82, 2.24) is 4.90 Å². The molecule has 0 N–H and O–H groups in total. The Bertz CT molecular complexity index is 159. The lowest BCUT2D eigenvalue weighted by atomic mass is 9.90. The number of nitrogens with zero attached hydrogens (tertiary/aromatic N) is 1. The maximum atomic E-state index is 2.46. The minimum atomic E-state index is 0.429. The molecule has 0 spiro atoms. The fourth-order valence-electron chi connectivity index (χ4n) is 1.93. The van der Waals surface area contributed by atoms with Crippen molar-refractivity contribution in [3.05, 3.63) is 0 Å². The van der Waals surface area contributed by atoms with Crippen LogP contribution in [-0.2, 0) is 0 Å². The maximum absolute atomic E-state index is 2.46. The number of hydrogen-bond donors (Lipinski definition) is 0. The van der Waals surface area contributed by atoms with Crippen LogP contribution >= 0.6 is 0 Å². The molecule has 0 radical (unpaired) electrons. The van der Waals surface area contributed by atoms with Crippen molar-refractivity contribution in [2.45, 2.75) is 60.8 Å². The van der Waals surface area contributed by atoms with Crippen molar-refractivity contribution in [2.75, 3.05) is 20.1 Å². The summed E-state index contributed by atoms with van der Waals surface area (Å²) in [6, 6.07) is 0. The van der Waals surface area contributed by atoms with E-state index >= 15 is 0 Å². The normalized spacial score (nSPS) is 13.6. The van der Waals surface area contributed by atoms with Crippen LogP contribution in [0, 0.1) is 10.8 Å². The van der Waals surface area contributed by atoms with Crippen molar-refractivity contribution in [3.8, 4) is 0 Å². The molecule has 0 aromatic rings. The average molecular weight is 213 g/mol. The van der Waals surface area contributed by atoms with Crippen molar-refractivity contribution < 1.29 is 0 Å². The Balaban J connectivity index is 3.52. The number of hydrogen-bond acceptors (Lipinski definition) is 1. The van der Waals surface area contributed by atoms with E-state index in [2.05, 4.69) is 53.5 Å². The lowest BCUT2D eigenvalue weighted by molar-refractivity contribution is 0.219. The van der Waals surface area contributed by atoms with Crippen LogP contribution in [0.3, 0.4) is 0 Å². The van der Waals surface area contributed by atoms with Gasteiger partial charge >= 0.3 is 0 Å². The van der Waals surface area contributed by atoms with Gasteiger partial charge in [0.25, 0.3) is 0 Å². The van der Waals surface area contributed by atoms with Crippen molar-refractivity contribution in [3.63, 3.8) is 0 Å². The quantitative estimate of drug-likeness (QED) is 0.619. The third-order valence-electron chi connectivity index (χ3n) is 2.46. The van der Waals surface area contributed by atoms with Gasteiger partial charge in [0.15, 0.2) is 0 Å². The maximum Gasteiger partial charge on any atom is 0.00270 e. The molecule has 0 bridgehead atoms. The molecule has 0 aromatic carbocycles. The van der Waals surface area contributed by atoms with E-state index in [0.29, 0.717) is 10.8 Å². The molecule has 0 fully saturated rings. The first kappa shape index (κ1) is 15.0. The van der Waals surface area contributed by atoms with Gasteiger partial charge in [-0.1, -0.05) is 48.0 Å². The molecule has 0 amide bonds. The fraction of sp³-hybridized carbons (Fsp3) is 1.00. The van der Waals surface area contributed by atoms with Gasteiger partial charge in [0.05, 0.1) is 0 Å². The summed E-state index contributed by atoms with van der Waals surface area (Å²) in [6.07, 6.45) is 4.04. The van der Waals surface area contributed by atoms with Gasteiger partial charge in [-0.25, -0.2) is 0 Å². The Morgan fingerprint density at radius 3 is 1.73 bits per heavy atom. The first-order valence-corrected chi connectivity index (χ1v) is 6.29. The Morgan fingerprint density at radius 2 is 1.33 bits per heavy atom. The third-order valence-corrected chi connectivity index (χ3v) is 2.46. The molecule has 15 heavy (non-hydrogen) atoms. The zero-order valence-electron chi connectivity index (χ0n) is 12.0. The predicted octanol–water partition coefficient (Wildman–Crippen LogP) is 4.18. The number of rotatable bonds is 5. The molecule has 0 aliphatic heterocycles. The molecule has 1 heteroatoms. The minimum absolute atomic E-state index is 0.429. The molecule has 0 saturated carbocycles. The van der Waals surface area contributed by atoms with Crippen LogP contribution in [0.15, 0.2) is 0 Å². The zero-order chi connectivity index (χ0) is 12.1. The molecule has 0 atom stereocenters. The van der Waals surface area contributed by atoms with Crippen molar-refractivity contribution >= 4 is 0 Å². The molecule has 0 aliphatic carbocycles. The van der Waals surface area contributed by atoms with Gasteiger partial charge in [0, 0.05) is 6.54 Å². The van der Waals surface area contributed by atoms with Gasteiger partial charge in [0.1, 0.15) is 0 Å². The Morgan fingerprint density at radius 1 is 0.800 bits per heavy atom. The second-order valence-corrected chi connectivity index (χ2v) is 7.32. The molecule has 0 rings (SSSR count). The summed E-state index contributed by atoms with van der Waals surface area (Å²) in [5.74, 6) is 0. The second-order valence-electron chi connectivity index (χ2n) is 7.32. The van der Waals surface area contributed by atoms with Crippen molar-refractivity contribution in [1.29, 1.82) is 0 Å². The Labute approximate surface area is 97.2 Å². The van der Waals surface area contributed by atoms with E-state index in [0.717, 1.165) is 0 Å². The number of unbranched alkanes of at least 4 members (excludes halogenated alkanes) is 1. The highest BCUT2D eigenvalue weighted by Gasteiger charge is 2.13. The van der Waals surface area contributed by atoms with Crippen LogP contribution in [0.1, 0.15) is 60.8 Å². The smallest absolute Gasteiger partial charge is 0.00270 e. The summed E-state index contributed by atoms with van der Waals surface area (Å²) in [7, 11) is 2.24. The van der Waals surface area contributed by atoms with Crippen LogP contribution in [-0.4, -0.2) is 25.0 Å². The summed E-state index contributed by atoms with van der Waals surface area (Å²) in [5, 5.41) is 0. The summed E-state index contributed by atoms with van der Waals surface area (Å²) < 4.78 is 0. The summed E-state index contributed by atoms with van der Waals surface area (Å²) >= 11 is 0. The topological polar surface area (TPSA) is 3.24 Å². The third kappa shape index (κ3) is 11.9. The SMILES string of the molecule is CN(CCCCC(C)(C)C)CC(C)(C)C. The molecular formula is C14H31N. The Kier molecular flexibility index (Phi) is 5.87. The zero-order valence-corrected chi connectivity index (χ0v) is 12.0. The van der Waals surface area contributed by atoms with Crippen LogP contribution < -0.4 is 0 Å². The monoisotopic (exact) mass is 213 g/mol. The fourth-order valence-corrected chi connectivity index (χ4v) is 1.93. The molecule has 92 valence electrons. The molecule has 0 unspecified atom stereocenters. The highest BCUT2D eigenvalue weighted by atomic mass is 15.1. The molecule has 0 aromatic heterocycles. The first-order valence-electron chi connectivity index (χ1n) is 6.29. The van der Waals surface area contributed by atoms with Gasteiger partial charge < -0.3 is 4.90 Å². The van der Waals surface area contributed by atoms with Gasteiger partial charge in [-0.15, -0.1) is 0 Å². The largest absolute Gasteiger partial charge is 0.306 e. The van der Waals surface area contributed by atoms with Gasteiger partial charge in [0.2, 0.25) is 0 Å². The van der Waals surface area contributed by atoms with Crippen LogP contribution in [0.5, 0.6) is 0 Å². The molecule has 0 saturated heterocycles. The van der Waals surface area contributed by atoms with E-state index in [1.165, 1.54) is 32.4 Å². The average Bonchev–Trinajstić information content (AvgIpc) is 1.92. The molecule has 0 heterocycles. The Hall–Kier alpha value is -0.0400. The minimum Gasteiger partial charge on any atom is -0.306 e. The van der Waals surface area contributed by atoms with E-state index < -0.39 is 0 Å². The van der Waals surface area contributed by atoms with Gasteiger partial charge in [-0.3, -0.25) is 0 Å². The molecular weight excluding hydrogens is 182 g/mol. The van der Waals surface area contributed by atoms with E-state index in [1.54, 1.807) is 0 Å². The lowest BCUT2D eigenvalue weighted by Gasteiger charge is -2.27. The second kappa shape index (κ2) is 5.89. The van der Waals surface area contributed by atoms with Crippen LogP contribution in [0.25, 0.3) is 0 Å². The van der Waals surface area contributed by atoms with Crippen molar-refractivity contribution in [2.24, 2.45) is 10.8 Å². The predicted molar refractivity (Wildman–Crippen MR) is 70.3 cm³/mol. The molecule has 1 nitrogen and oxygen atoms in total. The van der Waals surface area contributed by atoms with Crippen LogP contribution in [0.4, 0.5) is 0 Å². The van der Waals surface area contributed by atoms with E-state index in [9.17, 15) is 0 Å². The summed E-state index contributed by atoms with van der Waals surface area (Å²) in [4.78, 5) is 2.46. The van der Waals surface area contributed by atoms with Gasteiger partial charge in [-0.2, -0.15) is 0 Å². The summed E-state index contributed by atoms with van der Waals surface area (Å²) in [5.41, 5.74) is 0.932.